The Labute approximate surface area is 162 Å². The lowest BCUT2D eigenvalue weighted by Crippen LogP contribution is -2.48. The van der Waals surface area contributed by atoms with Gasteiger partial charge in [0.2, 0.25) is 0 Å². The topological polar surface area (TPSA) is 70.2 Å². The van der Waals surface area contributed by atoms with E-state index in [9.17, 15) is 9.18 Å². The first kappa shape index (κ1) is 18.2. The molecule has 3 aromatic rings. The molecule has 1 aliphatic rings. The molecule has 2 aromatic carbocycles. The molecule has 2 heterocycles. The third kappa shape index (κ3) is 4.04. The number of nitrogens with one attached hydrogen (secondary N) is 2. The van der Waals surface area contributed by atoms with Crippen LogP contribution in [-0.2, 0) is 6.61 Å². The van der Waals surface area contributed by atoms with Gasteiger partial charge in [-0.3, -0.25) is 9.89 Å². The zero-order chi connectivity index (χ0) is 19.3. The Morgan fingerprint density at radius 2 is 1.96 bits per heavy atom. The van der Waals surface area contributed by atoms with Crippen molar-refractivity contribution in [2.75, 3.05) is 19.6 Å². The molecule has 144 valence electrons. The van der Waals surface area contributed by atoms with Crippen LogP contribution in [0.5, 0.6) is 5.75 Å². The van der Waals surface area contributed by atoms with Crippen LogP contribution >= 0.6 is 0 Å². The lowest BCUT2D eigenvalue weighted by molar-refractivity contribution is 0.0697. The third-order valence-electron chi connectivity index (χ3n) is 4.73. The highest BCUT2D eigenvalue weighted by Crippen LogP contribution is 2.19. The highest BCUT2D eigenvalue weighted by Gasteiger charge is 2.26. The SMILES string of the molecule is O=C(c1cc(COc2ccccc2F)[nH]n1)N1CCNC(c2ccccc2)C1. The Bertz CT molecular complexity index is 944. The summed E-state index contributed by atoms with van der Waals surface area (Å²) in [5.74, 6) is -0.389. The van der Waals surface area contributed by atoms with Crippen LogP contribution in [0.2, 0.25) is 0 Å². The van der Waals surface area contributed by atoms with E-state index in [1.54, 1.807) is 29.2 Å². The van der Waals surface area contributed by atoms with Crippen LogP contribution in [0.3, 0.4) is 0 Å². The van der Waals surface area contributed by atoms with Crippen molar-refractivity contribution < 1.29 is 13.9 Å². The number of rotatable bonds is 5. The van der Waals surface area contributed by atoms with Crippen LogP contribution < -0.4 is 10.1 Å². The van der Waals surface area contributed by atoms with Crippen molar-refractivity contribution in [1.29, 1.82) is 0 Å². The Morgan fingerprint density at radius 3 is 2.79 bits per heavy atom. The average molecular weight is 380 g/mol. The highest BCUT2D eigenvalue weighted by atomic mass is 19.1. The Hall–Kier alpha value is -3.19. The van der Waals surface area contributed by atoms with E-state index in [0.29, 0.717) is 24.5 Å². The molecule has 1 aliphatic heterocycles. The predicted octanol–water partition coefficient (Wildman–Crippen LogP) is 2.91. The molecule has 0 spiro atoms. The van der Waals surface area contributed by atoms with Crippen molar-refractivity contribution >= 4 is 5.91 Å². The number of H-pyrrole nitrogens is 1. The number of piperazine rings is 1. The Balaban J connectivity index is 1.39. The van der Waals surface area contributed by atoms with Crippen LogP contribution in [0.15, 0.2) is 60.7 Å². The van der Waals surface area contributed by atoms with E-state index in [0.717, 1.165) is 12.1 Å². The molecule has 28 heavy (non-hydrogen) atoms. The van der Waals surface area contributed by atoms with Crippen molar-refractivity contribution in [3.8, 4) is 5.75 Å². The number of ether oxygens (including phenoxy) is 1. The second-order valence-electron chi connectivity index (χ2n) is 6.67. The normalized spacial score (nSPS) is 16.8. The van der Waals surface area contributed by atoms with Gasteiger partial charge in [0.05, 0.1) is 5.69 Å². The van der Waals surface area contributed by atoms with Gasteiger partial charge in [-0.25, -0.2) is 4.39 Å². The van der Waals surface area contributed by atoms with Crippen molar-refractivity contribution in [3.63, 3.8) is 0 Å². The molecule has 0 radical (unpaired) electrons. The largest absolute Gasteiger partial charge is 0.484 e. The fraction of sp³-hybridized carbons (Fsp3) is 0.238. The van der Waals surface area contributed by atoms with E-state index in [2.05, 4.69) is 27.6 Å². The van der Waals surface area contributed by atoms with Crippen molar-refractivity contribution in [3.05, 3.63) is 83.4 Å². The summed E-state index contributed by atoms with van der Waals surface area (Å²) >= 11 is 0. The number of amides is 1. The number of benzene rings is 2. The van der Waals surface area contributed by atoms with Gasteiger partial charge in [0, 0.05) is 25.7 Å². The second-order valence-corrected chi connectivity index (χ2v) is 6.67. The number of aromatic nitrogens is 2. The molecule has 0 aliphatic carbocycles. The van der Waals surface area contributed by atoms with Gasteiger partial charge in [-0.1, -0.05) is 42.5 Å². The van der Waals surface area contributed by atoms with Gasteiger partial charge in [0.15, 0.2) is 17.3 Å². The maximum atomic E-state index is 13.6. The molecule has 4 rings (SSSR count). The molecular weight excluding hydrogens is 359 g/mol. The minimum absolute atomic E-state index is 0.0988. The molecule has 1 amide bonds. The van der Waals surface area contributed by atoms with Gasteiger partial charge < -0.3 is 15.0 Å². The molecular formula is C21H21FN4O2. The standard InChI is InChI=1S/C21H21FN4O2/c22-17-8-4-5-9-20(17)28-14-16-12-18(25-24-16)21(27)26-11-10-23-19(13-26)15-6-2-1-3-7-15/h1-9,12,19,23H,10-11,13-14H2,(H,24,25). The first-order chi connectivity index (χ1) is 13.7. The summed E-state index contributed by atoms with van der Waals surface area (Å²) in [5.41, 5.74) is 2.10. The number of para-hydroxylation sites is 1. The number of aromatic amines is 1. The minimum Gasteiger partial charge on any atom is -0.484 e. The molecule has 1 fully saturated rings. The van der Waals surface area contributed by atoms with Gasteiger partial charge in [-0.2, -0.15) is 5.10 Å². The molecule has 7 heteroatoms. The Kier molecular flexibility index (Phi) is 5.34. The zero-order valence-electron chi connectivity index (χ0n) is 15.3. The second kappa shape index (κ2) is 8.22. The number of halogens is 1. The van der Waals surface area contributed by atoms with Crippen LogP contribution in [0, 0.1) is 5.82 Å². The van der Waals surface area contributed by atoms with Gasteiger partial charge in [0.25, 0.3) is 5.91 Å². The van der Waals surface area contributed by atoms with E-state index in [1.807, 2.05) is 18.2 Å². The van der Waals surface area contributed by atoms with E-state index in [-0.39, 0.29) is 24.3 Å². The van der Waals surface area contributed by atoms with Crippen LogP contribution in [-0.4, -0.2) is 40.6 Å². The number of hydrogen-bond acceptors (Lipinski definition) is 4. The molecule has 1 unspecified atom stereocenters. The van der Waals surface area contributed by atoms with Gasteiger partial charge in [-0.15, -0.1) is 0 Å². The summed E-state index contributed by atoms with van der Waals surface area (Å²) in [6.07, 6.45) is 0. The fourth-order valence-electron chi connectivity index (χ4n) is 3.27. The van der Waals surface area contributed by atoms with E-state index in [4.69, 9.17) is 4.74 Å². The molecule has 0 saturated carbocycles. The minimum atomic E-state index is -0.425. The van der Waals surface area contributed by atoms with Crippen molar-refractivity contribution in [1.82, 2.24) is 20.4 Å². The summed E-state index contributed by atoms with van der Waals surface area (Å²) in [4.78, 5) is 14.6. The van der Waals surface area contributed by atoms with Crippen molar-refractivity contribution in [2.45, 2.75) is 12.6 Å². The van der Waals surface area contributed by atoms with Crippen LogP contribution in [0.25, 0.3) is 0 Å². The van der Waals surface area contributed by atoms with E-state index >= 15 is 0 Å². The van der Waals surface area contributed by atoms with E-state index < -0.39 is 5.82 Å². The Morgan fingerprint density at radius 1 is 1.18 bits per heavy atom. The summed E-state index contributed by atoms with van der Waals surface area (Å²) in [7, 11) is 0. The molecule has 6 nitrogen and oxygen atoms in total. The number of carbonyl (C=O) groups is 1. The molecule has 1 saturated heterocycles. The smallest absolute Gasteiger partial charge is 0.274 e. The van der Waals surface area contributed by atoms with Gasteiger partial charge >= 0.3 is 0 Å². The number of nitrogens with zero attached hydrogens (tertiary/aromatic N) is 2. The molecule has 2 N–H and O–H groups in total. The summed E-state index contributed by atoms with van der Waals surface area (Å²) in [5, 5.41) is 10.4. The highest BCUT2D eigenvalue weighted by molar-refractivity contribution is 5.92. The molecule has 1 atom stereocenters. The van der Waals surface area contributed by atoms with Crippen molar-refractivity contribution in [2.24, 2.45) is 0 Å². The summed E-state index contributed by atoms with van der Waals surface area (Å²) in [6.45, 7) is 2.03. The maximum absolute atomic E-state index is 13.6. The summed E-state index contributed by atoms with van der Waals surface area (Å²) in [6, 6.07) is 18.0. The molecule has 1 aromatic heterocycles. The average Bonchev–Trinajstić information content (AvgIpc) is 3.22. The lowest BCUT2D eigenvalue weighted by Gasteiger charge is -2.33. The van der Waals surface area contributed by atoms with Gasteiger partial charge in [-0.05, 0) is 23.8 Å². The monoisotopic (exact) mass is 380 g/mol. The van der Waals surface area contributed by atoms with Crippen LogP contribution in [0.1, 0.15) is 27.8 Å². The number of carbonyl (C=O) groups excluding carboxylic acids is 1. The molecule has 0 bridgehead atoms. The lowest BCUT2D eigenvalue weighted by atomic mass is 10.0. The predicted molar refractivity (Wildman–Crippen MR) is 102 cm³/mol. The summed E-state index contributed by atoms with van der Waals surface area (Å²) < 4.78 is 19.1. The fourth-order valence-corrected chi connectivity index (χ4v) is 3.27. The first-order valence-electron chi connectivity index (χ1n) is 9.20. The van der Waals surface area contributed by atoms with Crippen LogP contribution in [0.4, 0.5) is 4.39 Å². The zero-order valence-corrected chi connectivity index (χ0v) is 15.3. The van der Waals surface area contributed by atoms with E-state index in [1.165, 1.54) is 6.07 Å². The number of hydrogen-bond donors (Lipinski definition) is 2. The maximum Gasteiger partial charge on any atom is 0.274 e. The quantitative estimate of drug-likeness (QED) is 0.714. The van der Waals surface area contributed by atoms with Gasteiger partial charge in [0.1, 0.15) is 6.61 Å². The first-order valence-corrected chi connectivity index (χ1v) is 9.20. The third-order valence-corrected chi connectivity index (χ3v) is 4.73.